The minimum atomic E-state index is -3.64. The summed E-state index contributed by atoms with van der Waals surface area (Å²) in [5.41, 5.74) is 0.981. The zero-order chi connectivity index (χ0) is 14.8. The molecular weight excluding hydrogens is 278 g/mol. The van der Waals surface area contributed by atoms with Gasteiger partial charge in [-0.1, -0.05) is 0 Å². The lowest BCUT2D eigenvalue weighted by atomic mass is 10.3. The van der Waals surface area contributed by atoms with Gasteiger partial charge in [0, 0.05) is 25.4 Å². The molecule has 20 heavy (non-hydrogen) atoms. The first-order valence-corrected chi connectivity index (χ1v) is 7.24. The Hall–Kier alpha value is -2.17. The van der Waals surface area contributed by atoms with Gasteiger partial charge in [-0.15, -0.1) is 0 Å². The average Bonchev–Trinajstić information content (AvgIpc) is 2.84. The molecule has 0 fully saturated rings. The van der Waals surface area contributed by atoms with Crippen LogP contribution in [0.15, 0.2) is 40.0 Å². The molecule has 0 saturated heterocycles. The van der Waals surface area contributed by atoms with Crippen molar-refractivity contribution >= 4 is 10.0 Å². The van der Waals surface area contributed by atoms with E-state index in [0.717, 1.165) is 5.56 Å². The molecule has 0 radical (unpaired) electrons. The minimum absolute atomic E-state index is 0.0557. The zero-order valence-corrected chi connectivity index (χ0v) is 11.9. The van der Waals surface area contributed by atoms with Gasteiger partial charge in [0.2, 0.25) is 10.0 Å². The second kappa shape index (κ2) is 5.45. The predicted octanol–water partition coefficient (Wildman–Crippen LogP) is 1.68. The van der Waals surface area contributed by atoms with Crippen molar-refractivity contribution in [3.63, 3.8) is 0 Å². The Bertz CT molecular complexity index is 742. The summed E-state index contributed by atoms with van der Waals surface area (Å²) in [5.74, 6) is 0.685. The highest BCUT2D eigenvalue weighted by Crippen LogP contribution is 2.18. The number of furan rings is 1. The van der Waals surface area contributed by atoms with Gasteiger partial charge in [-0.2, -0.15) is 9.57 Å². The van der Waals surface area contributed by atoms with Crippen molar-refractivity contribution in [2.45, 2.75) is 18.4 Å². The Morgan fingerprint density at radius 1 is 1.40 bits per heavy atom. The number of nitrogens with zero attached hydrogens (tertiary/aromatic N) is 3. The van der Waals surface area contributed by atoms with Crippen molar-refractivity contribution < 1.29 is 12.8 Å². The van der Waals surface area contributed by atoms with Crippen LogP contribution in [-0.4, -0.2) is 24.8 Å². The first kappa shape index (κ1) is 14.2. The number of rotatable bonds is 4. The number of hydrogen-bond acceptors (Lipinski definition) is 5. The summed E-state index contributed by atoms with van der Waals surface area (Å²) in [6.45, 7) is 1.99. The molecule has 2 heterocycles. The summed E-state index contributed by atoms with van der Waals surface area (Å²) in [6, 6.07) is 6.33. The number of aromatic nitrogens is 1. The summed E-state index contributed by atoms with van der Waals surface area (Å²) >= 11 is 0. The molecule has 0 aliphatic rings. The van der Waals surface area contributed by atoms with Crippen LogP contribution in [0.1, 0.15) is 17.0 Å². The lowest BCUT2D eigenvalue weighted by Crippen LogP contribution is -2.26. The van der Waals surface area contributed by atoms with Crippen LogP contribution < -0.4 is 0 Å². The van der Waals surface area contributed by atoms with Crippen molar-refractivity contribution in [2.24, 2.45) is 0 Å². The standard InChI is InChI=1S/C13H13N3O3S/c1-10-11(5-6-19-10)9-16(2)20(17,18)13-4-3-12(7-14)15-8-13/h3-6,8H,9H2,1-2H3. The van der Waals surface area contributed by atoms with E-state index in [1.165, 1.54) is 35.9 Å². The third-order valence-corrected chi connectivity index (χ3v) is 4.71. The quantitative estimate of drug-likeness (QED) is 0.855. The Balaban J connectivity index is 2.25. The van der Waals surface area contributed by atoms with Gasteiger partial charge in [0.05, 0.1) is 6.26 Å². The summed E-state index contributed by atoms with van der Waals surface area (Å²) in [7, 11) is -2.15. The summed E-state index contributed by atoms with van der Waals surface area (Å²) in [6.07, 6.45) is 2.71. The van der Waals surface area contributed by atoms with Crippen LogP contribution in [0, 0.1) is 18.3 Å². The number of hydrogen-bond donors (Lipinski definition) is 0. The van der Waals surface area contributed by atoms with Crippen molar-refractivity contribution in [1.82, 2.24) is 9.29 Å². The van der Waals surface area contributed by atoms with Crippen molar-refractivity contribution in [3.05, 3.63) is 47.7 Å². The molecule has 0 unspecified atom stereocenters. The molecule has 0 amide bonds. The van der Waals surface area contributed by atoms with Crippen molar-refractivity contribution in [2.75, 3.05) is 7.05 Å². The third-order valence-electron chi connectivity index (χ3n) is 2.92. The lowest BCUT2D eigenvalue weighted by Gasteiger charge is -2.16. The van der Waals surface area contributed by atoms with Crippen LogP contribution in [0.4, 0.5) is 0 Å². The molecule has 104 valence electrons. The van der Waals surface area contributed by atoms with Crippen LogP contribution in [0.5, 0.6) is 0 Å². The summed E-state index contributed by atoms with van der Waals surface area (Å²) in [5, 5.41) is 8.66. The van der Waals surface area contributed by atoms with Crippen molar-refractivity contribution in [3.8, 4) is 6.07 Å². The molecule has 6 nitrogen and oxygen atoms in total. The lowest BCUT2D eigenvalue weighted by molar-refractivity contribution is 0.458. The maximum absolute atomic E-state index is 12.3. The fourth-order valence-corrected chi connectivity index (χ4v) is 2.77. The SMILES string of the molecule is Cc1occc1CN(C)S(=O)(=O)c1ccc(C#N)nc1. The molecule has 2 rings (SSSR count). The van der Waals surface area contributed by atoms with E-state index in [1.54, 1.807) is 13.0 Å². The number of nitriles is 1. The van der Waals surface area contributed by atoms with E-state index in [1.807, 2.05) is 6.07 Å². The number of aryl methyl sites for hydroxylation is 1. The van der Waals surface area contributed by atoms with Crippen LogP contribution in [0.25, 0.3) is 0 Å². The number of sulfonamides is 1. The van der Waals surface area contributed by atoms with Crippen molar-refractivity contribution in [1.29, 1.82) is 5.26 Å². The van der Waals surface area contributed by atoms with E-state index < -0.39 is 10.0 Å². The van der Waals surface area contributed by atoms with E-state index in [4.69, 9.17) is 9.68 Å². The van der Waals surface area contributed by atoms with Crippen LogP contribution in [-0.2, 0) is 16.6 Å². The maximum Gasteiger partial charge on any atom is 0.244 e. The Morgan fingerprint density at radius 2 is 2.15 bits per heavy atom. The summed E-state index contributed by atoms with van der Waals surface area (Å²) in [4.78, 5) is 3.83. The van der Waals surface area contributed by atoms with E-state index in [0.29, 0.717) is 5.76 Å². The van der Waals surface area contributed by atoms with Gasteiger partial charge < -0.3 is 4.42 Å². The van der Waals surface area contributed by atoms with Gasteiger partial charge in [-0.25, -0.2) is 13.4 Å². The topological polar surface area (TPSA) is 87.2 Å². The first-order valence-electron chi connectivity index (χ1n) is 5.80. The van der Waals surface area contributed by atoms with Gasteiger partial charge in [0.1, 0.15) is 22.4 Å². The second-order valence-electron chi connectivity index (χ2n) is 4.25. The van der Waals surface area contributed by atoms with E-state index in [-0.39, 0.29) is 17.1 Å². The fourth-order valence-electron chi connectivity index (χ4n) is 1.68. The maximum atomic E-state index is 12.3. The second-order valence-corrected chi connectivity index (χ2v) is 6.30. The molecule has 0 saturated carbocycles. The molecule has 0 aromatic carbocycles. The van der Waals surface area contributed by atoms with E-state index in [9.17, 15) is 8.42 Å². The van der Waals surface area contributed by atoms with Gasteiger partial charge in [-0.3, -0.25) is 0 Å². The molecule has 2 aromatic heterocycles. The fraction of sp³-hybridized carbons (Fsp3) is 0.231. The monoisotopic (exact) mass is 291 g/mol. The predicted molar refractivity (Wildman–Crippen MR) is 71.0 cm³/mol. The van der Waals surface area contributed by atoms with E-state index in [2.05, 4.69) is 4.98 Å². The highest BCUT2D eigenvalue weighted by molar-refractivity contribution is 7.89. The molecule has 7 heteroatoms. The average molecular weight is 291 g/mol. The minimum Gasteiger partial charge on any atom is -0.469 e. The number of pyridine rings is 1. The molecule has 0 bridgehead atoms. The molecule has 0 atom stereocenters. The highest BCUT2D eigenvalue weighted by atomic mass is 32.2. The first-order chi connectivity index (χ1) is 9.45. The summed E-state index contributed by atoms with van der Waals surface area (Å²) < 4.78 is 31.0. The van der Waals surface area contributed by atoms with Crippen LogP contribution in [0.3, 0.4) is 0 Å². The highest BCUT2D eigenvalue weighted by Gasteiger charge is 2.22. The normalized spacial score (nSPS) is 11.5. The van der Waals surface area contributed by atoms with Gasteiger partial charge >= 0.3 is 0 Å². The molecule has 0 N–H and O–H groups in total. The van der Waals surface area contributed by atoms with Crippen LogP contribution in [0.2, 0.25) is 0 Å². The van der Waals surface area contributed by atoms with Gasteiger partial charge in [0.15, 0.2) is 0 Å². The Labute approximate surface area is 117 Å². The molecule has 0 aliphatic heterocycles. The van der Waals surface area contributed by atoms with Gasteiger partial charge in [-0.05, 0) is 25.1 Å². The molecule has 0 spiro atoms. The van der Waals surface area contributed by atoms with E-state index >= 15 is 0 Å². The Kier molecular flexibility index (Phi) is 3.88. The third kappa shape index (κ3) is 2.71. The Morgan fingerprint density at radius 3 is 2.65 bits per heavy atom. The molecular formula is C13H13N3O3S. The molecule has 0 aliphatic carbocycles. The largest absolute Gasteiger partial charge is 0.469 e. The zero-order valence-electron chi connectivity index (χ0n) is 11.1. The van der Waals surface area contributed by atoms with Crippen LogP contribution >= 0.6 is 0 Å². The van der Waals surface area contributed by atoms with Gasteiger partial charge in [0.25, 0.3) is 0 Å². The molecule has 2 aromatic rings. The smallest absolute Gasteiger partial charge is 0.244 e.